The molecule has 2 aliphatic heterocycles. The minimum atomic E-state index is 0.104. The van der Waals surface area contributed by atoms with Crippen LogP contribution in [0, 0.1) is 0 Å². The van der Waals surface area contributed by atoms with Gasteiger partial charge in [-0.1, -0.05) is 6.42 Å². The van der Waals surface area contributed by atoms with Gasteiger partial charge in [0.1, 0.15) is 12.1 Å². The minimum absolute atomic E-state index is 0.104. The molecule has 1 aromatic heterocycles. The molecule has 3 rings (SSSR count). The monoisotopic (exact) mass is 345 g/mol. The smallest absolute Gasteiger partial charge is 0.224 e. The Balaban J connectivity index is 1.59. The Hall–Kier alpha value is -2.18. The van der Waals surface area contributed by atoms with E-state index in [2.05, 4.69) is 9.97 Å². The molecule has 0 aliphatic carbocycles. The molecule has 2 aliphatic rings. The van der Waals surface area contributed by atoms with Crippen LogP contribution < -0.4 is 4.90 Å². The van der Waals surface area contributed by atoms with Gasteiger partial charge < -0.3 is 14.7 Å². The number of likely N-dealkylation sites (tertiary alicyclic amines) is 1. The zero-order valence-corrected chi connectivity index (χ0v) is 15.2. The molecule has 1 fully saturated rings. The van der Waals surface area contributed by atoms with E-state index in [1.807, 2.05) is 28.8 Å². The number of rotatable bonds is 4. The molecule has 0 atom stereocenters. The van der Waals surface area contributed by atoms with Gasteiger partial charge in [0.05, 0.1) is 12.2 Å². The number of aromatic nitrogens is 2. The Bertz CT molecular complexity index is 646. The molecule has 0 aromatic carbocycles. The molecule has 7 heteroatoms. The molecule has 0 bridgehead atoms. The fourth-order valence-electron chi connectivity index (χ4n) is 3.60. The third-order valence-electron chi connectivity index (χ3n) is 5.03. The zero-order valence-electron chi connectivity index (χ0n) is 15.2. The number of nitrogens with zero attached hydrogens (tertiary/aromatic N) is 5. The maximum absolute atomic E-state index is 12.6. The van der Waals surface area contributed by atoms with Crippen LogP contribution >= 0.6 is 0 Å². The van der Waals surface area contributed by atoms with Gasteiger partial charge in [0.25, 0.3) is 0 Å². The van der Waals surface area contributed by atoms with Crippen molar-refractivity contribution in [2.75, 3.05) is 38.6 Å². The van der Waals surface area contributed by atoms with Crippen molar-refractivity contribution in [2.24, 2.45) is 0 Å². The molecule has 0 saturated carbocycles. The van der Waals surface area contributed by atoms with Crippen LogP contribution in [0.1, 0.15) is 43.4 Å². The summed E-state index contributed by atoms with van der Waals surface area (Å²) in [5.74, 6) is 1.23. The molecular formula is C18H27N5O2. The molecule has 0 unspecified atom stereocenters. The summed E-state index contributed by atoms with van der Waals surface area (Å²) >= 11 is 0. The van der Waals surface area contributed by atoms with E-state index in [1.165, 1.54) is 0 Å². The Morgan fingerprint density at radius 2 is 2.00 bits per heavy atom. The summed E-state index contributed by atoms with van der Waals surface area (Å²) in [5.41, 5.74) is 2.07. The van der Waals surface area contributed by atoms with Gasteiger partial charge in [-0.25, -0.2) is 9.97 Å². The van der Waals surface area contributed by atoms with Gasteiger partial charge in [-0.2, -0.15) is 0 Å². The summed E-state index contributed by atoms with van der Waals surface area (Å²) in [5, 5.41) is 0. The van der Waals surface area contributed by atoms with Crippen molar-refractivity contribution in [3.8, 4) is 0 Å². The van der Waals surface area contributed by atoms with Crippen LogP contribution in [-0.4, -0.2) is 65.3 Å². The van der Waals surface area contributed by atoms with Crippen LogP contribution in [0.5, 0.6) is 0 Å². The largest absolute Gasteiger partial charge is 0.362 e. The molecule has 0 spiro atoms. The lowest BCUT2D eigenvalue weighted by molar-refractivity contribution is -0.134. The summed E-state index contributed by atoms with van der Waals surface area (Å²) in [6.07, 6.45) is 6.48. The lowest BCUT2D eigenvalue weighted by Gasteiger charge is -2.30. The average molecular weight is 345 g/mol. The van der Waals surface area contributed by atoms with Crippen molar-refractivity contribution in [2.45, 2.75) is 45.1 Å². The topological polar surface area (TPSA) is 69.6 Å². The lowest BCUT2D eigenvalue weighted by atomic mass is 10.0. The van der Waals surface area contributed by atoms with Crippen molar-refractivity contribution in [1.29, 1.82) is 0 Å². The number of fused-ring (bicyclic) bond motifs is 1. The van der Waals surface area contributed by atoms with Crippen LogP contribution in [0.3, 0.4) is 0 Å². The number of amides is 2. The van der Waals surface area contributed by atoms with Gasteiger partial charge in [-0.05, 0) is 19.3 Å². The van der Waals surface area contributed by atoms with Crippen molar-refractivity contribution in [3.05, 3.63) is 17.6 Å². The second-order valence-corrected chi connectivity index (χ2v) is 7.02. The maximum Gasteiger partial charge on any atom is 0.224 e. The van der Waals surface area contributed by atoms with Crippen molar-refractivity contribution in [3.63, 3.8) is 0 Å². The minimum Gasteiger partial charge on any atom is -0.362 e. The second-order valence-electron chi connectivity index (χ2n) is 7.02. The van der Waals surface area contributed by atoms with Crippen LogP contribution in [0.2, 0.25) is 0 Å². The van der Waals surface area contributed by atoms with Crippen molar-refractivity contribution >= 4 is 17.6 Å². The number of hydrogen-bond donors (Lipinski definition) is 0. The SMILES string of the molecule is CN(C)c1ncnc2c1CCN(C(=O)CCN1CCCCCC1=O)C2. The third kappa shape index (κ3) is 4.08. The first-order chi connectivity index (χ1) is 12.1. The summed E-state index contributed by atoms with van der Waals surface area (Å²) in [4.78, 5) is 39.1. The lowest BCUT2D eigenvalue weighted by Crippen LogP contribution is -2.40. The van der Waals surface area contributed by atoms with Crippen LogP contribution in [0.4, 0.5) is 5.82 Å². The van der Waals surface area contributed by atoms with Gasteiger partial charge >= 0.3 is 0 Å². The molecule has 1 aromatic rings. The highest BCUT2D eigenvalue weighted by Gasteiger charge is 2.25. The van der Waals surface area contributed by atoms with Gasteiger partial charge in [0.2, 0.25) is 11.8 Å². The first kappa shape index (κ1) is 17.6. The van der Waals surface area contributed by atoms with Gasteiger partial charge in [0, 0.05) is 52.1 Å². The number of anilines is 1. The van der Waals surface area contributed by atoms with E-state index in [-0.39, 0.29) is 11.8 Å². The standard InChI is InChI=1S/C18H27N5O2/c1-21(2)18-14-7-10-23(12-15(14)19-13-20-18)17(25)8-11-22-9-5-3-4-6-16(22)24/h13H,3-12H2,1-2H3. The van der Waals surface area contributed by atoms with Gasteiger partial charge in [-0.15, -0.1) is 0 Å². The summed E-state index contributed by atoms with van der Waals surface area (Å²) in [7, 11) is 3.94. The zero-order chi connectivity index (χ0) is 17.8. The average Bonchev–Trinajstić information content (AvgIpc) is 2.82. The van der Waals surface area contributed by atoms with Gasteiger partial charge in [-0.3, -0.25) is 9.59 Å². The molecule has 3 heterocycles. The molecular weight excluding hydrogens is 318 g/mol. The van der Waals surface area contributed by atoms with E-state index >= 15 is 0 Å². The summed E-state index contributed by atoms with van der Waals surface area (Å²) in [6, 6.07) is 0. The molecule has 0 radical (unpaired) electrons. The predicted molar refractivity (Wildman–Crippen MR) is 95.1 cm³/mol. The second kappa shape index (κ2) is 7.80. The van der Waals surface area contributed by atoms with E-state index in [4.69, 9.17) is 0 Å². The normalized spacial score (nSPS) is 17.9. The Morgan fingerprint density at radius 3 is 2.80 bits per heavy atom. The van der Waals surface area contributed by atoms with E-state index in [0.717, 1.165) is 49.3 Å². The highest BCUT2D eigenvalue weighted by molar-refractivity contribution is 5.79. The molecule has 2 amide bonds. The molecule has 0 N–H and O–H groups in total. The molecule has 136 valence electrons. The van der Waals surface area contributed by atoms with Crippen molar-refractivity contribution < 1.29 is 9.59 Å². The first-order valence-corrected chi connectivity index (χ1v) is 9.12. The Labute approximate surface area is 149 Å². The number of carbonyl (C=O) groups excluding carboxylic acids is 2. The van der Waals surface area contributed by atoms with Gasteiger partial charge in [0.15, 0.2) is 0 Å². The van der Waals surface area contributed by atoms with Crippen LogP contribution in [0.15, 0.2) is 6.33 Å². The fraction of sp³-hybridized carbons (Fsp3) is 0.667. The molecule has 25 heavy (non-hydrogen) atoms. The number of carbonyl (C=O) groups is 2. The first-order valence-electron chi connectivity index (χ1n) is 9.12. The fourth-order valence-corrected chi connectivity index (χ4v) is 3.60. The van der Waals surface area contributed by atoms with E-state index in [9.17, 15) is 9.59 Å². The number of hydrogen-bond acceptors (Lipinski definition) is 5. The maximum atomic E-state index is 12.6. The summed E-state index contributed by atoms with van der Waals surface area (Å²) < 4.78 is 0. The van der Waals surface area contributed by atoms with E-state index in [0.29, 0.717) is 32.5 Å². The Morgan fingerprint density at radius 1 is 1.16 bits per heavy atom. The molecule has 1 saturated heterocycles. The quantitative estimate of drug-likeness (QED) is 0.821. The third-order valence-corrected chi connectivity index (χ3v) is 5.03. The van der Waals surface area contributed by atoms with Crippen LogP contribution in [-0.2, 0) is 22.6 Å². The highest BCUT2D eigenvalue weighted by Crippen LogP contribution is 2.24. The van der Waals surface area contributed by atoms with Crippen molar-refractivity contribution in [1.82, 2.24) is 19.8 Å². The Kier molecular flexibility index (Phi) is 5.50. The summed E-state index contributed by atoms with van der Waals surface area (Å²) in [6.45, 7) is 2.54. The van der Waals surface area contributed by atoms with E-state index in [1.54, 1.807) is 6.33 Å². The predicted octanol–water partition coefficient (Wildman–Crippen LogP) is 1.22. The van der Waals surface area contributed by atoms with E-state index < -0.39 is 0 Å². The highest BCUT2D eigenvalue weighted by atomic mass is 16.2. The molecule has 7 nitrogen and oxygen atoms in total. The van der Waals surface area contributed by atoms with Crippen LogP contribution in [0.25, 0.3) is 0 Å².